The molecule has 0 aliphatic rings. The van der Waals surface area contributed by atoms with Gasteiger partial charge in [0, 0.05) is 37.3 Å². The third-order valence-electron chi connectivity index (χ3n) is 2.62. The molecule has 0 amide bonds. The van der Waals surface area contributed by atoms with Crippen molar-refractivity contribution in [3.05, 3.63) is 44.0 Å². The van der Waals surface area contributed by atoms with Gasteiger partial charge in [-0.25, -0.2) is 9.97 Å². The number of H-pyrrole nitrogens is 1. The molecular weight excluding hydrogens is 276 g/mol. The Bertz CT molecular complexity index is 608. The molecule has 108 valence electrons. The Balaban J connectivity index is 2.02. The summed E-state index contributed by atoms with van der Waals surface area (Å²) in [5.74, 6) is 0.649. The quantitative estimate of drug-likeness (QED) is 0.740. The molecule has 0 fully saturated rings. The molecule has 0 aliphatic heterocycles. The maximum Gasteiger partial charge on any atom is 0.251 e. The number of ether oxygens (including phenoxy) is 1. The first kappa shape index (κ1) is 14.8. The van der Waals surface area contributed by atoms with Crippen LogP contribution in [0.25, 0.3) is 0 Å². The van der Waals surface area contributed by atoms with Gasteiger partial charge in [-0.05, 0) is 6.92 Å². The van der Waals surface area contributed by atoms with Gasteiger partial charge in [-0.15, -0.1) is 11.3 Å². The zero-order valence-corrected chi connectivity index (χ0v) is 12.4. The lowest BCUT2D eigenvalue weighted by molar-refractivity contribution is 0.199. The first-order valence-electron chi connectivity index (χ1n) is 6.37. The average molecular weight is 294 g/mol. The molecule has 0 aromatic carbocycles. The molecule has 0 saturated carbocycles. The standard InChI is InChI=1S/C13H18N4O2S/c1-9-8-20-13(15-9)6-11-16-10(5-12(18)17-11)7-14-3-4-19-2/h5,8,14H,3-4,6-7H2,1-2H3,(H,16,17,18). The molecule has 20 heavy (non-hydrogen) atoms. The highest BCUT2D eigenvalue weighted by Gasteiger charge is 2.05. The van der Waals surface area contributed by atoms with Crippen molar-refractivity contribution in [2.75, 3.05) is 20.3 Å². The van der Waals surface area contributed by atoms with E-state index >= 15 is 0 Å². The Morgan fingerprint density at radius 2 is 2.30 bits per heavy atom. The van der Waals surface area contributed by atoms with Crippen LogP contribution in [0.2, 0.25) is 0 Å². The van der Waals surface area contributed by atoms with E-state index < -0.39 is 0 Å². The van der Waals surface area contributed by atoms with Gasteiger partial charge in [-0.1, -0.05) is 0 Å². The lowest BCUT2D eigenvalue weighted by Gasteiger charge is -2.05. The summed E-state index contributed by atoms with van der Waals surface area (Å²) in [6.07, 6.45) is 0.555. The Hall–Kier alpha value is -1.57. The van der Waals surface area contributed by atoms with Crippen LogP contribution in [-0.2, 0) is 17.7 Å². The number of hydrogen-bond acceptors (Lipinski definition) is 6. The van der Waals surface area contributed by atoms with E-state index in [9.17, 15) is 4.79 Å². The first-order chi connectivity index (χ1) is 9.67. The minimum Gasteiger partial charge on any atom is -0.383 e. The number of methoxy groups -OCH3 is 1. The highest BCUT2D eigenvalue weighted by Crippen LogP contribution is 2.11. The van der Waals surface area contributed by atoms with Gasteiger partial charge in [0.1, 0.15) is 10.8 Å². The minimum atomic E-state index is -0.133. The van der Waals surface area contributed by atoms with E-state index in [4.69, 9.17) is 4.74 Å². The highest BCUT2D eigenvalue weighted by atomic mass is 32.1. The zero-order valence-electron chi connectivity index (χ0n) is 11.6. The number of rotatable bonds is 7. The lowest BCUT2D eigenvalue weighted by atomic mass is 10.3. The van der Waals surface area contributed by atoms with Gasteiger partial charge in [0.15, 0.2) is 0 Å². The number of nitrogens with one attached hydrogen (secondary N) is 2. The van der Waals surface area contributed by atoms with Crippen LogP contribution in [0.5, 0.6) is 0 Å². The summed E-state index contributed by atoms with van der Waals surface area (Å²) in [5.41, 5.74) is 1.59. The summed E-state index contributed by atoms with van der Waals surface area (Å²) in [6.45, 7) is 3.86. The van der Waals surface area contributed by atoms with E-state index in [1.165, 1.54) is 6.07 Å². The lowest BCUT2D eigenvalue weighted by Crippen LogP contribution is -2.22. The number of aromatic amines is 1. The molecular formula is C13H18N4O2S. The molecule has 7 heteroatoms. The van der Waals surface area contributed by atoms with E-state index in [2.05, 4.69) is 20.3 Å². The second-order valence-electron chi connectivity index (χ2n) is 4.41. The minimum absolute atomic E-state index is 0.133. The van der Waals surface area contributed by atoms with E-state index in [1.807, 2.05) is 12.3 Å². The third-order valence-corrected chi connectivity index (χ3v) is 3.58. The molecule has 0 aliphatic carbocycles. The van der Waals surface area contributed by atoms with Crippen LogP contribution in [0.4, 0.5) is 0 Å². The molecule has 0 atom stereocenters. The van der Waals surface area contributed by atoms with Crippen LogP contribution in [0.15, 0.2) is 16.2 Å². The van der Waals surface area contributed by atoms with Crippen LogP contribution in [0.1, 0.15) is 22.2 Å². The molecule has 0 saturated heterocycles. The van der Waals surface area contributed by atoms with Gasteiger partial charge in [0.25, 0.3) is 5.56 Å². The second kappa shape index (κ2) is 7.28. The summed E-state index contributed by atoms with van der Waals surface area (Å²) in [4.78, 5) is 23.2. The van der Waals surface area contributed by atoms with E-state index in [0.717, 1.165) is 22.9 Å². The first-order valence-corrected chi connectivity index (χ1v) is 7.25. The number of thiazole rings is 1. The Labute approximate surface area is 121 Å². The third kappa shape index (κ3) is 4.52. The van der Waals surface area contributed by atoms with E-state index in [1.54, 1.807) is 18.4 Å². The largest absolute Gasteiger partial charge is 0.383 e. The predicted molar refractivity (Wildman–Crippen MR) is 78.1 cm³/mol. The van der Waals surface area contributed by atoms with Crippen molar-refractivity contribution in [1.82, 2.24) is 20.3 Å². The number of aryl methyl sites for hydroxylation is 1. The van der Waals surface area contributed by atoms with Gasteiger partial charge in [0.2, 0.25) is 0 Å². The molecule has 0 unspecified atom stereocenters. The second-order valence-corrected chi connectivity index (χ2v) is 5.36. The van der Waals surface area contributed by atoms with Gasteiger partial charge in [-0.2, -0.15) is 0 Å². The van der Waals surface area contributed by atoms with E-state index in [-0.39, 0.29) is 5.56 Å². The van der Waals surface area contributed by atoms with Crippen LogP contribution in [0.3, 0.4) is 0 Å². The van der Waals surface area contributed by atoms with Gasteiger partial charge in [0.05, 0.1) is 18.7 Å². The van der Waals surface area contributed by atoms with E-state index in [0.29, 0.717) is 25.4 Å². The molecule has 2 rings (SSSR count). The smallest absolute Gasteiger partial charge is 0.251 e. The molecule has 2 aromatic heterocycles. The van der Waals surface area contributed by atoms with Crippen LogP contribution >= 0.6 is 11.3 Å². The van der Waals surface area contributed by atoms with Gasteiger partial charge in [-0.3, -0.25) is 4.79 Å². The SMILES string of the molecule is COCCNCc1cc(=O)[nH]c(Cc2nc(C)cs2)n1. The van der Waals surface area contributed by atoms with Crippen molar-refractivity contribution in [1.29, 1.82) is 0 Å². The summed E-state index contributed by atoms with van der Waals surface area (Å²) < 4.78 is 4.95. The summed E-state index contributed by atoms with van der Waals surface area (Å²) in [6, 6.07) is 1.51. The fourth-order valence-corrected chi connectivity index (χ4v) is 2.53. The number of nitrogens with zero attached hydrogens (tertiary/aromatic N) is 2. The summed E-state index contributed by atoms with van der Waals surface area (Å²) >= 11 is 1.58. The fraction of sp³-hybridized carbons (Fsp3) is 0.462. The molecule has 0 bridgehead atoms. The van der Waals surface area contributed by atoms with Crippen molar-refractivity contribution in [3.8, 4) is 0 Å². The summed E-state index contributed by atoms with van der Waals surface area (Å²) in [7, 11) is 1.65. The van der Waals surface area contributed by atoms with Crippen molar-refractivity contribution in [2.24, 2.45) is 0 Å². The molecule has 6 nitrogen and oxygen atoms in total. The predicted octanol–water partition coefficient (Wildman–Crippen LogP) is 0.862. The Morgan fingerprint density at radius 1 is 1.45 bits per heavy atom. The zero-order chi connectivity index (χ0) is 14.4. The topological polar surface area (TPSA) is 79.9 Å². The average Bonchev–Trinajstić information content (AvgIpc) is 2.79. The monoisotopic (exact) mass is 294 g/mol. The molecule has 2 N–H and O–H groups in total. The molecule has 0 spiro atoms. The molecule has 2 aromatic rings. The van der Waals surface area contributed by atoms with Gasteiger partial charge < -0.3 is 15.0 Å². The van der Waals surface area contributed by atoms with Gasteiger partial charge >= 0.3 is 0 Å². The maximum atomic E-state index is 11.6. The van der Waals surface area contributed by atoms with Crippen molar-refractivity contribution in [3.63, 3.8) is 0 Å². The molecule has 0 radical (unpaired) electrons. The van der Waals surface area contributed by atoms with Crippen molar-refractivity contribution >= 4 is 11.3 Å². The van der Waals surface area contributed by atoms with Crippen LogP contribution < -0.4 is 10.9 Å². The Kier molecular flexibility index (Phi) is 5.40. The highest BCUT2D eigenvalue weighted by molar-refractivity contribution is 7.09. The van der Waals surface area contributed by atoms with Crippen LogP contribution in [-0.4, -0.2) is 35.2 Å². The number of hydrogen-bond donors (Lipinski definition) is 2. The van der Waals surface area contributed by atoms with Crippen molar-refractivity contribution in [2.45, 2.75) is 19.9 Å². The number of aromatic nitrogens is 3. The van der Waals surface area contributed by atoms with Crippen molar-refractivity contribution < 1.29 is 4.74 Å². The normalized spacial score (nSPS) is 10.9. The fourth-order valence-electron chi connectivity index (χ4n) is 1.76. The maximum absolute atomic E-state index is 11.6. The van der Waals surface area contributed by atoms with Crippen LogP contribution in [0, 0.1) is 6.92 Å². The molecule has 2 heterocycles. The Morgan fingerprint density at radius 3 is 3.00 bits per heavy atom. The summed E-state index contributed by atoms with van der Waals surface area (Å²) in [5, 5.41) is 6.12.